The van der Waals surface area contributed by atoms with Gasteiger partial charge in [0.15, 0.2) is 0 Å². The number of thioether (sulfide) groups is 1. The van der Waals surface area contributed by atoms with Crippen molar-refractivity contribution >= 4 is 11.8 Å². The van der Waals surface area contributed by atoms with Crippen molar-refractivity contribution < 1.29 is 9.84 Å². The van der Waals surface area contributed by atoms with Crippen molar-refractivity contribution in [2.24, 2.45) is 0 Å². The van der Waals surface area contributed by atoms with E-state index in [9.17, 15) is 5.11 Å². The van der Waals surface area contributed by atoms with Crippen LogP contribution in [0.2, 0.25) is 0 Å². The van der Waals surface area contributed by atoms with Gasteiger partial charge in [0.05, 0.1) is 12.7 Å². The highest BCUT2D eigenvalue weighted by atomic mass is 32.2. The molecule has 0 saturated heterocycles. The van der Waals surface area contributed by atoms with E-state index in [-0.39, 0.29) is 0 Å². The van der Waals surface area contributed by atoms with Crippen molar-refractivity contribution in [3.8, 4) is 5.75 Å². The van der Waals surface area contributed by atoms with Gasteiger partial charge in [-0.25, -0.2) is 0 Å². The molecule has 0 heterocycles. The van der Waals surface area contributed by atoms with Gasteiger partial charge in [-0.15, -0.1) is 11.8 Å². The average molecular weight is 274 g/mol. The molecule has 100 valence electrons. The fourth-order valence-corrected chi connectivity index (χ4v) is 2.45. The summed E-state index contributed by atoms with van der Waals surface area (Å²) in [6.07, 6.45) is -0.456. The summed E-state index contributed by atoms with van der Waals surface area (Å²) in [4.78, 5) is 1.25. The monoisotopic (exact) mass is 274 g/mol. The zero-order valence-corrected chi connectivity index (χ0v) is 11.8. The number of rotatable bonds is 6. The molecule has 2 rings (SSSR count). The number of aliphatic hydroxyl groups excluding tert-OH is 1. The molecule has 0 aliphatic rings. The van der Waals surface area contributed by atoms with E-state index >= 15 is 0 Å². The number of hydrogen-bond donors (Lipinski definition) is 1. The number of aliphatic hydroxyl groups is 1. The van der Waals surface area contributed by atoms with Crippen molar-refractivity contribution in [2.75, 3.05) is 12.4 Å². The molecule has 1 atom stereocenters. The first-order valence-corrected chi connectivity index (χ1v) is 7.33. The highest BCUT2D eigenvalue weighted by Crippen LogP contribution is 2.20. The third-order valence-corrected chi connectivity index (χ3v) is 3.68. The van der Waals surface area contributed by atoms with Crippen LogP contribution in [0, 0.1) is 0 Å². The van der Waals surface area contributed by atoms with Crippen LogP contribution in [-0.4, -0.2) is 17.5 Å². The number of ether oxygens (including phenoxy) is 1. The molecule has 2 aromatic rings. The highest BCUT2D eigenvalue weighted by Gasteiger charge is 2.02. The zero-order chi connectivity index (χ0) is 13.5. The molecule has 0 bridgehead atoms. The summed E-state index contributed by atoms with van der Waals surface area (Å²) < 4.78 is 5.69. The molecule has 19 heavy (non-hydrogen) atoms. The molecule has 2 aromatic carbocycles. The predicted molar refractivity (Wildman–Crippen MR) is 79.7 cm³/mol. The van der Waals surface area contributed by atoms with Crippen molar-refractivity contribution in [3.63, 3.8) is 0 Å². The van der Waals surface area contributed by atoms with Crippen molar-refractivity contribution in [1.29, 1.82) is 0 Å². The van der Waals surface area contributed by atoms with Crippen molar-refractivity contribution in [2.45, 2.75) is 17.9 Å². The first kappa shape index (κ1) is 14.0. The molecule has 0 saturated carbocycles. The Morgan fingerprint density at radius 2 is 1.89 bits per heavy atom. The maximum absolute atomic E-state index is 9.51. The lowest BCUT2D eigenvalue weighted by Gasteiger charge is -2.09. The van der Waals surface area contributed by atoms with Crippen LogP contribution in [0.5, 0.6) is 5.75 Å². The SMILES string of the molecule is CC(O)c1cccc(OCCSc2ccccc2)c1. The zero-order valence-electron chi connectivity index (χ0n) is 11.0. The Hall–Kier alpha value is -1.45. The van der Waals surface area contributed by atoms with Gasteiger partial charge in [-0.3, -0.25) is 0 Å². The molecule has 1 unspecified atom stereocenters. The molecule has 0 amide bonds. The minimum absolute atomic E-state index is 0.456. The summed E-state index contributed by atoms with van der Waals surface area (Å²) in [6.45, 7) is 2.41. The van der Waals surface area contributed by atoms with Gasteiger partial charge >= 0.3 is 0 Å². The molecular formula is C16H18O2S. The molecule has 0 radical (unpaired) electrons. The molecule has 0 aromatic heterocycles. The van der Waals surface area contributed by atoms with Gasteiger partial charge < -0.3 is 9.84 Å². The molecule has 2 nitrogen and oxygen atoms in total. The quantitative estimate of drug-likeness (QED) is 0.639. The molecule has 3 heteroatoms. The third kappa shape index (κ3) is 4.62. The standard InChI is InChI=1S/C16H18O2S/c1-13(17)14-6-5-7-15(12-14)18-10-11-19-16-8-3-2-4-9-16/h2-9,12-13,17H,10-11H2,1H3. The summed E-state index contributed by atoms with van der Waals surface area (Å²) in [5, 5.41) is 9.51. The Balaban J connectivity index is 1.78. The Morgan fingerprint density at radius 3 is 2.63 bits per heavy atom. The van der Waals surface area contributed by atoms with Crippen LogP contribution < -0.4 is 4.74 Å². The largest absolute Gasteiger partial charge is 0.493 e. The summed E-state index contributed by atoms with van der Waals surface area (Å²) in [7, 11) is 0. The van der Waals surface area contributed by atoms with Gasteiger partial charge in [0.1, 0.15) is 5.75 Å². The normalized spacial score (nSPS) is 12.1. The first-order valence-electron chi connectivity index (χ1n) is 6.34. The fourth-order valence-electron chi connectivity index (χ4n) is 1.70. The fraction of sp³-hybridized carbons (Fsp3) is 0.250. The van der Waals surface area contributed by atoms with E-state index in [1.54, 1.807) is 18.7 Å². The van der Waals surface area contributed by atoms with E-state index in [2.05, 4.69) is 12.1 Å². The molecule has 0 fully saturated rings. The Morgan fingerprint density at radius 1 is 1.11 bits per heavy atom. The van der Waals surface area contributed by atoms with Crippen molar-refractivity contribution in [1.82, 2.24) is 0 Å². The Labute approximate surface area is 118 Å². The topological polar surface area (TPSA) is 29.5 Å². The van der Waals surface area contributed by atoms with Gasteiger partial charge in [0, 0.05) is 10.6 Å². The second kappa shape index (κ2) is 7.22. The molecular weight excluding hydrogens is 256 g/mol. The van der Waals surface area contributed by atoms with E-state index < -0.39 is 6.10 Å². The molecule has 0 aliphatic heterocycles. The van der Waals surface area contributed by atoms with E-state index in [1.165, 1.54) is 4.90 Å². The van der Waals surface area contributed by atoms with E-state index in [0.29, 0.717) is 6.61 Å². The van der Waals surface area contributed by atoms with Gasteiger partial charge in [0.2, 0.25) is 0 Å². The van der Waals surface area contributed by atoms with Crippen LogP contribution in [0.15, 0.2) is 59.5 Å². The summed E-state index contributed by atoms with van der Waals surface area (Å²) in [5.74, 6) is 1.72. The predicted octanol–water partition coefficient (Wildman–Crippen LogP) is 3.91. The lowest BCUT2D eigenvalue weighted by molar-refractivity contribution is 0.198. The van der Waals surface area contributed by atoms with Crippen LogP contribution >= 0.6 is 11.8 Å². The van der Waals surface area contributed by atoms with Gasteiger partial charge in [-0.05, 0) is 36.8 Å². The maximum atomic E-state index is 9.51. The van der Waals surface area contributed by atoms with Gasteiger partial charge in [0.25, 0.3) is 0 Å². The molecule has 0 spiro atoms. The minimum Gasteiger partial charge on any atom is -0.493 e. The van der Waals surface area contributed by atoms with Crippen LogP contribution in [0.1, 0.15) is 18.6 Å². The van der Waals surface area contributed by atoms with E-state index in [4.69, 9.17) is 4.74 Å². The number of benzene rings is 2. The smallest absolute Gasteiger partial charge is 0.119 e. The average Bonchev–Trinajstić information content (AvgIpc) is 2.45. The summed E-state index contributed by atoms with van der Waals surface area (Å²) >= 11 is 1.78. The minimum atomic E-state index is -0.456. The first-order chi connectivity index (χ1) is 9.25. The maximum Gasteiger partial charge on any atom is 0.119 e. The summed E-state index contributed by atoms with van der Waals surface area (Å²) in [5.41, 5.74) is 0.883. The van der Waals surface area contributed by atoms with Crippen LogP contribution in [0.25, 0.3) is 0 Å². The Bertz CT molecular complexity index is 497. The molecule has 0 aliphatic carbocycles. The lowest BCUT2D eigenvalue weighted by Crippen LogP contribution is -2.01. The third-order valence-electron chi connectivity index (χ3n) is 2.70. The number of hydrogen-bond acceptors (Lipinski definition) is 3. The van der Waals surface area contributed by atoms with Gasteiger partial charge in [-0.2, -0.15) is 0 Å². The van der Waals surface area contributed by atoms with E-state index in [1.807, 2.05) is 42.5 Å². The lowest BCUT2D eigenvalue weighted by atomic mass is 10.1. The highest BCUT2D eigenvalue weighted by molar-refractivity contribution is 7.99. The second-order valence-electron chi connectivity index (χ2n) is 4.26. The Kier molecular flexibility index (Phi) is 5.31. The van der Waals surface area contributed by atoms with Crippen LogP contribution in [0.3, 0.4) is 0 Å². The van der Waals surface area contributed by atoms with Crippen LogP contribution in [-0.2, 0) is 0 Å². The van der Waals surface area contributed by atoms with E-state index in [0.717, 1.165) is 17.1 Å². The second-order valence-corrected chi connectivity index (χ2v) is 5.43. The van der Waals surface area contributed by atoms with Crippen molar-refractivity contribution in [3.05, 3.63) is 60.2 Å². The summed E-state index contributed by atoms with van der Waals surface area (Å²) in [6, 6.07) is 17.9. The molecule has 1 N–H and O–H groups in total. The van der Waals surface area contributed by atoms with Crippen LogP contribution in [0.4, 0.5) is 0 Å². The van der Waals surface area contributed by atoms with Gasteiger partial charge in [-0.1, -0.05) is 30.3 Å².